The van der Waals surface area contributed by atoms with E-state index in [4.69, 9.17) is 14.3 Å². The van der Waals surface area contributed by atoms with Gasteiger partial charge in [-0.25, -0.2) is 4.84 Å². The Hall–Kier alpha value is -2.85. The van der Waals surface area contributed by atoms with Gasteiger partial charge in [0, 0.05) is 23.2 Å². The Balaban J connectivity index is 1.46. The number of rotatable bonds is 8. The van der Waals surface area contributed by atoms with Gasteiger partial charge in [0.1, 0.15) is 25.4 Å². The molecule has 152 valence electrons. The number of carbonyl (C=O) groups is 1. The number of hydrogen-bond acceptors (Lipinski definition) is 4. The lowest BCUT2D eigenvalue weighted by Gasteiger charge is -2.36. The molecule has 1 amide bonds. The molecule has 1 N–H and O–H groups in total. The van der Waals surface area contributed by atoms with E-state index >= 15 is 0 Å². The Morgan fingerprint density at radius 3 is 2.24 bits per heavy atom. The zero-order chi connectivity index (χ0) is 20.4. The summed E-state index contributed by atoms with van der Waals surface area (Å²) in [6.45, 7) is 4.84. The van der Waals surface area contributed by atoms with Gasteiger partial charge in [0.25, 0.3) is 0 Å². The van der Waals surface area contributed by atoms with Crippen LogP contribution in [-0.2, 0) is 14.4 Å². The van der Waals surface area contributed by atoms with Crippen LogP contribution < -0.4 is 10.1 Å². The minimum Gasteiger partial charge on any atom is -0.493 e. The third-order valence-electron chi connectivity index (χ3n) is 4.97. The van der Waals surface area contributed by atoms with Crippen LogP contribution in [0.5, 0.6) is 5.75 Å². The topological polar surface area (TPSA) is 56.8 Å². The molecule has 1 aliphatic rings. The van der Waals surface area contributed by atoms with E-state index in [2.05, 4.69) is 17.2 Å². The number of amides is 1. The molecule has 0 unspecified atom stereocenters. The van der Waals surface area contributed by atoms with Crippen LogP contribution in [0.1, 0.15) is 17.5 Å². The molecule has 2 aromatic rings. The molecule has 0 radical (unpaired) electrons. The maximum atomic E-state index is 10.4. The lowest BCUT2D eigenvalue weighted by atomic mass is 10.1. The van der Waals surface area contributed by atoms with Crippen molar-refractivity contribution in [3.63, 3.8) is 0 Å². The predicted molar refractivity (Wildman–Crippen MR) is 111 cm³/mol. The van der Waals surface area contributed by atoms with E-state index in [-0.39, 0.29) is 0 Å². The first kappa shape index (κ1) is 20.9. The third kappa shape index (κ3) is 6.33. The van der Waals surface area contributed by atoms with Crippen LogP contribution in [0.25, 0.3) is 0 Å². The van der Waals surface area contributed by atoms with Gasteiger partial charge in [-0.15, -0.1) is 0 Å². The Morgan fingerprint density at radius 2 is 1.66 bits per heavy atom. The highest BCUT2D eigenvalue weighted by Crippen LogP contribution is 2.15. The number of hydroxylamine groups is 3. The number of benzene rings is 2. The molecule has 1 saturated heterocycles. The van der Waals surface area contributed by atoms with Crippen molar-refractivity contribution in [1.82, 2.24) is 0 Å². The molecule has 1 fully saturated rings. The zero-order valence-electron chi connectivity index (χ0n) is 16.7. The Kier molecular flexibility index (Phi) is 7.65. The fourth-order valence-corrected chi connectivity index (χ4v) is 3.21. The summed E-state index contributed by atoms with van der Waals surface area (Å²) in [5, 5.41) is 2.60. The standard InChI is InChI=1S/C23H26N2O4/c1-27-25(14-17-28-18-15-25)13-2-16-29-23-11-7-21(8-12-23)4-3-20-5-9-22(10-6-20)24-19-26/h5-12,19H,2,13-18H2,1H3/p+1. The van der Waals surface area contributed by atoms with Crippen molar-refractivity contribution < 1.29 is 23.8 Å². The lowest BCUT2D eigenvalue weighted by Crippen LogP contribution is -2.54. The van der Waals surface area contributed by atoms with Crippen molar-refractivity contribution in [2.75, 3.05) is 51.9 Å². The Bertz CT molecular complexity index is 832. The first-order valence-corrected chi connectivity index (χ1v) is 9.78. The summed E-state index contributed by atoms with van der Waals surface area (Å²) in [6, 6.07) is 15.2. The molecular weight excluding hydrogens is 368 g/mol. The van der Waals surface area contributed by atoms with Crippen LogP contribution in [0.15, 0.2) is 48.5 Å². The normalized spacial score (nSPS) is 15.1. The van der Waals surface area contributed by atoms with E-state index in [1.165, 1.54) is 0 Å². The lowest BCUT2D eigenvalue weighted by molar-refractivity contribution is -1.11. The van der Waals surface area contributed by atoms with Crippen LogP contribution in [0.3, 0.4) is 0 Å². The monoisotopic (exact) mass is 395 g/mol. The number of quaternary nitrogens is 1. The Labute approximate surface area is 171 Å². The van der Waals surface area contributed by atoms with Crippen molar-refractivity contribution in [1.29, 1.82) is 0 Å². The van der Waals surface area contributed by atoms with Gasteiger partial charge in [0.2, 0.25) is 6.41 Å². The number of morpholine rings is 1. The SMILES string of the molecule is CO[N+]1(CCCOc2ccc(C#Cc3ccc(NC=O)cc3)cc2)CCOCC1. The maximum Gasteiger partial charge on any atom is 0.211 e. The van der Waals surface area contributed by atoms with Gasteiger partial charge in [-0.3, -0.25) is 4.79 Å². The van der Waals surface area contributed by atoms with Crippen LogP contribution in [0.4, 0.5) is 5.69 Å². The smallest absolute Gasteiger partial charge is 0.211 e. The first-order chi connectivity index (χ1) is 14.2. The molecule has 0 aromatic heterocycles. The van der Waals surface area contributed by atoms with Crippen molar-refractivity contribution >= 4 is 12.1 Å². The van der Waals surface area contributed by atoms with E-state index in [9.17, 15) is 4.79 Å². The highest BCUT2D eigenvalue weighted by molar-refractivity contribution is 5.71. The summed E-state index contributed by atoms with van der Waals surface area (Å²) in [4.78, 5) is 16.1. The van der Waals surface area contributed by atoms with Gasteiger partial charge in [0.15, 0.2) is 0 Å². The molecule has 0 saturated carbocycles. The van der Waals surface area contributed by atoms with E-state index in [0.29, 0.717) is 17.7 Å². The zero-order valence-corrected chi connectivity index (χ0v) is 16.7. The molecule has 1 heterocycles. The second-order valence-electron chi connectivity index (χ2n) is 6.84. The predicted octanol–water partition coefficient (Wildman–Crippen LogP) is 2.83. The molecule has 6 nitrogen and oxygen atoms in total. The van der Waals surface area contributed by atoms with Crippen LogP contribution in [0.2, 0.25) is 0 Å². The molecule has 2 aromatic carbocycles. The first-order valence-electron chi connectivity index (χ1n) is 9.78. The molecular formula is C23H27N2O4+. The molecule has 0 spiro atoms. The fraction of sp³-hybridized carbons (Fsp3) is 0.348. The highest BCUT2D eigenvalue weighted by Gasteiger charge is 2.30. The molecule has 0 aliphatic carbocycles. The summed E-state index contributed by atoms with van der Waals surface area (Å²) in [6.07, 6.45) is 1.58. The largest absolute Gasteiger partial charge is 0.493 e. The maximum absolute atomic E-state index is 10.4. The summed E-state index contributed by atoms with van der Waals surface area (Å²) in [5.74, 6) is 7.09. The molecule has 29 heavy (non-hydrogen) atoms. The number of anilines is 1. The van der Waals surface area contributed by atoms with Gasteiger partial charge < -0.3 is 14.8 Å². The van der Waals surface area contributed by atoms with Crippen molar-refractivity contribution in [3.8, 4) is 17.6 Å². The average Bonchev–Trinajstić information content (AvgIpc) is 2.78. The molecule has 0 atom stereocenters. The van der Waals surface area contributed by atoms with E-state index in [1.807, 2.05) is 48.5 Å². The second-order valence-corrected chi connectivity index (χ2v) is 6.84. The van der Waals surface area contributed by atoms with Crippen LogP contribution >= 0.6 is 0 Å². The highest BCUT2D eigenvalue weighted by atomic mass is 16.7. The van der Waals surface area contributed by atoms with Crippen molar-refractivity contribution in [2.45, 2.75) is 6.42 Å². The van der Waals surface area contributed by atoms with Gasteiger partial charge in [-0.05, 0) is 48.5 Å². The Morgan fingerprint density at radius 1 is 1.03 bits per heavy atom. The van der Waals surface area contributed by atoms with Crippen LogP contribution in [0, 0.1) is 11.8 Å². The minimum atomic E-state index is 0.643. The van der Waals surface area contributed by atoms with Gasteiger partial charge in [0.05, 0.1) is 26.9 Å². The van der Waals surface area contributed by atoms with Gasteiger partial charge in [-0.2, -0.15) is 4.65 Å². The molecule has 0 bridgehead atoms. The third-order valence-corrected chi connectivity index (χ3v) is 4.97. The van der Waals surface area contributed by atoms with Gasteiger partial charge in [-0.1, -0.05) is 11.8 Å². The number of hydrogen-bond donors (Lipinski definition) is 1. The van der Waals surface area contributed by atoms with Gasteiger partial charge >= 0.3 is 0 Å². The summed E-state index contributed by atoms with van der Waals surface area (Å²) in [7, 11) is 1.77. The minimum absolute atomic E-state index is 0.643. The van der Waals surface area contributed by atoms with Crippen molar-refractivity contribution in [3.05, 3.63) is 59.7 Å². The molecule has 6 heteroatoms. The summed E-state index contributed by atoms with van der Waals surface area (Å²) < 4.78 is 11.9. The van der Waals surface area contributed by atoms with Crippen molar-refractivity contribution in [2.24, 2.45) is 0 Å². The molecule has 1 aliphatic heterocycles. The number of carbonyl (C=O) groups excluding carboxylic acids is 1. The summed E-state index contributed by atoms with van der Waals surface area (Å²) >= 11 is 0. The van der Waals surface area contributed by atoms with E-state index in [1.54, 1.807) is 7.11 Å². The second kappa shape index (κ2) is 10.6. The average molecular weight is 395 g/mol. The fourth-order valence-electron chi connectivity index (χ4n) is 3.21. The van der Waals surface area contributed by atoms with E-state index in [0.717, 1.165) is 61.8 Å². The number of ether oxygens (including phenoxy) is 2. The van der Waals surface area contributed by atoms with Crippen LogP contribution in [-0.4, -0.2) is 57.6 Å². The summed E-state index contributed by atoms with van der Waals surface area (Å²) in [5.41, 5.74) is 2.56. The molecule has 3 rings (SSSR count). The number of nitrogens with zero attached hydrogens (tertiary/aromatic N) is 1. The van der Waals surface area contributed by atoms with E-state index < -0.39 is 0 Å². The quantitative estimate of drug-likeness (QED) is 0.323. The number of nitrogens with one attached hydrogen (secondary N) is 1.